The van der Waals surface area contributed by atoms with Crippen LogP contribution in [-0.2, 0) is 4.74 Å². The number of nitrogens with zero attached hydrogens (tertiary/aromatic N) is 1. The van der Waals surface area contributed by atoms with Crippen LogP contribution in [-0.4, -0.2) is 24.7 Å². The predicted molar refractivity (Wildman–Crippen MR) is 76.8 cm³/mol. The van der Waals surface area contributed by atoms with Gasteiger partial charge in [-0.2, -0.15) is 0 Å². The fourth-order valence-electron chi connectivity index (χ4n) is 1.99. The van der Waals surface area contributed by atoms with Gasteiger partial charge in [0.15, 0.2) is 0 Å². The number of nitrogens with one attached hydrogen (secondary N) is 1. The van der Waals surface area contributed by atoms with E-state index in [4.69, 9.17) is 4.74 Å². The van der Waals surface area contributed by atoms with Gasteiger partial charge in [0.25, 0.3) is 0 Å². The SMILES string of the molecule is Fc1ccc(-c2csc(C3COCCN3)n2)c(Br)c1. The molecule has 2 aromatic rings. The van der Waals surface area contributed by atoms with E-state index in [1.165, 1.54) is 12.1 Å². The Morgan fingerprint density at radius 3 is 3.11 bits per heavy atom. The van der Waals surface area contributed by atoms with Crippen LogP contribution in [0.25, 0.3) is 11.3 Å². The van der Waals surface area contributed by atoms with Crippen molar-refractivity contribution in [2.24, 2.45) is 0 Å². The molecular formula is C13H12BrFN2OS. The summed E-state index contributed by atoms with van der Waals surface area (Å²) < 4.78 is 19.2. The molecule has 100 valence electrons. The van der Waals surface area contributed by atoms with Gasteiger partial charge in [0.2, 0.25) is 0 Å². The average molecular weight is 343 g/mol. The minimum absolute atomic E-state index is 0.159. The number of ether oxygens (including phenoxy) is 1. The van der Waals surface area contributed by atoms with E-state index in [0.717, 1.165) is 33.9 Å². The van der Waals surface area contributed by atoms with Crippen molar-refractivity contribution in [2.45, 2.75) is 6.04 Å². The number of hydrogen-bond donors (Lipinski definition) is 1. The van der Waals surface area contributed by atoms with Crippen LogP contribution in [0.3, 0.4) is 0 Å². The Bertz CT molecular complexity index is 584. The van der Waals surface area contributed by atoms with Gasteiger partial charge in [-0.1, -0.05) is 0 Å². The molecule has 1 aliphatic rings. The van der Waals surface area contributed by atoms with Crippen LogP contribution in [0.5, 0.6) is 0 Å². The second-order valence-electron chi connectivity index (χ2n) is 4.28. The number of aromatic nitrogens is 1. The zero-order valence-corrected chi connectivity index (χ0v) is 12.4. The highest BCUT2D eigenvalue weighted by Crippen LogP contribution is 2.31. The lowest BCUT2D eigenvalue weighted by atomic mass is 10.2. The van der Waals surface area contributed by atoms with Crippen molar-refractivity contribution in [2.75, 3.05) is 19.8 Å². The van der Waals surface area contributed by atoms with Gasteiger partial charge in [-0.3, -0.25) is 0 Å². The molecule has 1 fully saturated rings. The van der Waals surface area contributed by atoms with Gasteiger partial charge < -0.3 is 10.1 Å². The molecule has 0 saturated carbocycles. The molecule has 1 saturated heterocycles. The summed E-state index contributed by atoms with van der Waals surface area (Å²) in [5.74, 6) is -0.256. The van der Waals surface area contributed by atoms with Crippen LogP contribution in [0.4, 0.5) is 4.39 Å². The zero-order chi connectivity index (χ0) is 13.2. The van der Waals surface area contributed by atoms with Gasteiger partial charge in [-0.25, -0.2) is 9.37 Å². The monoisotopic (exact) mass is 342 g/mol. The van der Waals surface area contributed by atoms with Crippen molar-refractivity contribution < 1.29 is 9.13 Å². The number of benzene rings is 1. The van der Waals surface area contributed by atoms with Gasteiger partial charge in [0, 0.05) is 22.0 Å². The fraction of sp³-hybridized carbons (Fsp3) is 0.308. The van der Waals surface area contributed by atoms with Gasteiger partial charge in [-0.15, -0.1) is 11.3 Å². The minimum Gasteiger partial charge on any atom is -0.378 e. The lowest BCUT2D eigenvalue weighted by molar-refractivity contribution is 0.0768. The highest BCUT2D eigenvalue weighted by molar-refractivity contribution is 9.10. The molecular weight excluding hydrogens is 331 g/mol. The van der Waals surface area contributed by atoms with Gasteiger partial charge in [-0.05, 0) is 34.1 Å². The average Bonchev–Trinajstić information content (AvgIpc) is 2.89. The van der Waals surface area contributed by atoms with E-state index in [0.29, 0.717) is 6.61 Å². The van der Waals surface area contributed by atoms with E-state index >= 15 is 0 Å². The van der Waals surface area contributed by atoms with Crippen LogP contribution in [0.2, 0.25) is 0 Å². The highest BCUT2D eigenvalue weighted by atomic mass is 79.9. The molecule has 3 nitrogen and oxygen atoms in total. The number of thiazole rings is 1. The van der Waals surface area contributed by atoms with Crippen molar-refractivity contribution in [3.05, 3.63) is 38.9 Å². The molecule has 1 unspecified atom stereocenters. The summed E-state index contributed by atoms with van der Waals surface area (Å²) in [6, 6.07) is 4.80. The first-order valence-corrected chi connectivity index (χ1v) is 7.63. The van der Waals surface area contributed by atoms with Crippen molar-refractivity contribution >= 4 is 27.3 Å². The predicted octanol–water partition coefficient (Wildman–Crippen LogP) is 3.37. The number of rotatable bonds is 2. The van der Waals surface area contributed by atoms with E-state index in [2.05, 4.69) is 26.2 Å². The summed E-state index contributed by atoms with van der Waals surface area (Å²) in [7, 11) is 0. The van der Waals surface area contributed by atoms with E-state index in [-0.39, 0.29) is 11.9 Å². The second kappa shape index (κ2) is 5.66. The standard InChI is InChI=1S/C13H12BrFN2OS/c14-10-5-8(15)1-2-9(10)12-7-19-13(17-12)11-6-18-4-3-16-11/h1-2,5,7,11,16H,3-4,6H2. The molecule has 0 spiro atoms. The molecule has 1 aliphatic heterocycles. The van der Waals surface area contributed by atoms with Crippen LogP contribution in [0.15, 0.2) is 28.1 Å². The van der Waals surface area contributed by atoms with Crippen LogP contribution < -0.4 is 5.32 Å². The number of hydrogen-bond acceptors (Lipinski definition) is 4. The summed E-state index contributed by atoms with van der Waals surface area (Å²) >= 11 is 4.97. The molecule has 0 radical (unpaired) electrons. The molecule has 1 aromatic carbocycles. The molecule has 1 atom stereocenters. The molecule has 6 heteroatoms. The van der Waals surface area contributed by atoms with Crippen LogP contribution >= 0.6 is 27.3 Å². The Morgan fingerprint density at radius 1 is 1.47 bits per heavy atom. The quantitative estimate of drug-likeness (QED) is 0.908. The third-order valence-electron chi connectivity index (χ3n) is 2.95. The fourth-order valence-corrected chi connectivity index (χ4v) is 3.43. The van der Waals surface area contributed by atoms with Crippen LogP contribution in [0, 0.1) is 5.82 Å². The number of morpholine rings is 1. The van der Waals surface area contributed by atoms with Crippen molar-refractivity contribution in [3.8, 4) is 11.3 Å². The summed E-state index contributed by atoms with van der Waals surface area (Å²) in [4.78, 5) is 4.62. The molecule has 1 aromatic heterocycles. The lowest BCUT2D eigenvalue weighted by Gasteiger charge is -2.21. The third-order valence-corrected chi connectivity index (χ3v) is 4.56. The normalized spacial score (nSPS) is 19.6. The molecule has 19 heavy (non-hydrogen) atoms. The Kier molecular flexibility index (Phi) is 3.93. The van der Waals surface area contributed by atoms with E-state index < -0.39 is 0 Å². The van der Waals surface area contributed by atoms with Crippen molar-refractivity contribution in [1.82, 2.24) is 10.3 Å². The van der Waals surface area contributed by atoms with Crippen molar-refractivity contribution in [1.29, 1.82) is 0 Å². The Hall–Kier alpha value is -0.820. The first kappa shape index (κ1) is 13.2. The molecule has 0 aliphatic carbocycles. The largest absolute Gasteiger partial charge is 0.378 e. The topological polar surface area (TPSA) is 34.1 Å². The van der Waals surface area contributed by atoms with E-state index in [1.54, 1.807) is 17.4 Å². The maximum absolute atomic E-state index is 13.1. The van der Waals surface area contributed by atoms with E-state index in [9.17, 15) is 4.39 Å². The Balaban J connectivity index is 1.87. The van der Waals surface area contributed by atoms with E-state index in [1.807, 2.05) is 5.38 Å². The summed E-state index contributed by atoms with van der Waals surface area (Å²) in [6.07, 6.45) is 0. The summed E-state index contributed by atoms with van der Waals surface area (Å²) in [5, 5.41) is 6.37. The molecule has 0 bridgehead atoms. The van der Waals surface area contributed by atoms with Crippen LogP contribution in [0.1, 0.15) is 11.0 Å². The third kappa shape index (κ3) is 2.86. The molecule has 1 N–H and O–H groups in total. The number of halogens is 2. The van der Waals surface area contributed by atoms with Gasteiger partial charge in [0.1, 0.15) is 10.8 Å². The Morgan fingerprint density at radius 2 is 2.37 bits per heavy atom. The van der Waals surface area contributed by atoms with Gasteiger partial charge >= 0.3 is 0 Å². The maximum atomic E-state index is 13.1. The second-order valence-corrected chi connectivity index (χ2v) is 6.02. The maximum Gasteiger partial charge on any atom is 0.124 e. The lowest BCUT2D eigenvalue weighted by Crippen LogP contribution is -2.34. The summed E-state index contributed by atoms with van der Waals surface area (Å²) in [6.45, 7) is 2.25. The minimum atomic E-state index is -0.256. The van der Waals surface area contributed by atoms with Gasteiger partial charge in [0.05, 0.1) is 24.9 Å². The highest BCUT2D eigenvalue weighted by Gasteiger charge is 2.19. The smallest absolute Gasteiger partial charge is 0.124 e. The van der Waals surface area contributed by atoms with Crippen molar-refractivity contribution in [3.63, 3.8) is 0 Å². The molecule has 0 amide bonds. The summed E-state index contributed by atoms with van der Waals surface area (Å²) in [5.41, 5.74) is 1.76. The first-order chi connectivity index (χ1) is 9.24. The molecule has 2 heterocycles. The zero-order valence-electron chi connectivity index (χ0n) is 10.0. The molecule has 3 rings (SSSR count). The first-order valence-electron chi connectivity index (χ1n) is 5.96. The Labute approximate surface area is 122 Å².